The summed E-state index contributed by atoms with van der Waals surface area (Å²) >= 11 is 0. The van der Waals surface area contributed by atoms with E-state index in [9.17, 15) is 13.2 Å². The molecule has 0 atom stereocenters. The van der Waals surface area contributed by atoms with Crippen molar-refractivity contribution < 1.29 is 13.2 Å². The quantitative estimate of drug-likeness (QED) is 0.481. The summed E-state index contributed by atoms with van der Waals surface area (Å²) in [6.45, 7) is 7.53. The molecule has 1 aliphatic rings. The molecule has 1 fully saturated rings. The second kappa shape index (κ2) is 9.38. The molecular weight excluding hydrogens is 378 g/mol. The number of benzene rings is 1. The van der Waals surface area contributed by atoms with Crippen molar-refractivity contribution in [3.63, 3.8) is 0 Å². The van der Waals surface area contributed by atoms with Gasteiger partial charge in [0.15, 0.2) is 5.96 Å². The normalized spacial score (nSPS) is 16.1. The highest BCUT2D eigenvalue weighted by molar-refractivity contribution is 7.89. The van der Waals surface area contributed by atoms with Crippen LogP contribution in [0.15, 0.2) is 34.2 Å². The third-order valence-corrected chi connectivity index (χ3v) is 6.15. The molecule has 0 bridgehead atoms. The van der Waals surface area contributed by atoms with Crippen LogP contribution >= 0.6 is 0 Å². The minimum Gasteiger partial charge on any atom is -0.352 e. The van der Waals surface area contributed by atoms with E-state index in [0.29, 0.717) is 30.5 Å². The topological polar surface area (TPSA) is 103 Å². The van der Waals surface area contributed by atoms with Crippen LogP contribution in [0.25, 0.3) is 0 Å². The van der Waals surface area contributed by atoms with Gasteiger partial charge >= 0.3 is 0 Å². The number of sulfonamides is 1. The lowest BCUT2D eigenvalue weighted by Gasteiger charge is -2.21. The van der Waals surface area contributed by atoms with E-state index in [1.807, 2.05) is 20.8 Å². The summed E-state index contributed by atoms with van der Waals surface area (Å²) in [5.41, 5.74) is 0.634. The maximum absolute atomic E-state index is 12.5. The first kappa shape index (κ1) is 22.2. The van der Waals surface area contributed by atoms with Gasteiger partial charge in [0, 0.05) is 32.2 Å². The van der Waals surface area contributed by atoms with Crippen LogP contribution in [0.3, 0.4) is 0 Å². The monoisotopic (exact) mass is 409 g/mol. The van der Waals surface area contributed by atoms with E-state index in [1.54, 1.807) is 31.3 Å². The first-order valence-electron chi connectivity index (χ1n) is 9.46. The third kappa shape index (κ3) is 6.49. The van der Waals surface area contributed by atoms with E-state index in [-0.39, 0.29) is 18.0 Å². The maximum Gasteiger partial charge on any atom is 0.243 e. The Kier molecular flexibility index (Phi) is 7.42. The van der Waals surface area contributed by atoms with Gasteiger partial charge in [0.2, 0.25) is 15.9 Å². The summed E-state index contributed by atoms with van der Waals surface area (Å²) in [5.74, 6) is 0.379. The summed E-state index contributed by atoms with van der Waals surface area (Å²) in [4.78, 5) is 16.3. The van der Waals surface area contributed by atoms with Crippen molar-refractivity contribution in [1.29, 1.82) is 0 Å². The Balaban J connectivity index is 1.87. The van der Waals surface area contributed by atoms with Gasteiger partial charge in [0.1, 0.15) is 0 Å². The molecule has 2 rings (SSSR count). The molecule has 0 aromatic heterocycles. The van der Waals surface area contributed by atoms with E-state index in [2.05, 4.69) is 20.9 Å². The summed E-state index contributed by atoms with van der Waals surface area (Å²) < 4.78 is 26.6. The number of aliphatic imine (C=N–C) groups is 1. The summed E-state index contributed by atoms with van der Waals surface area (Å²) in [6, 6.07) is 6.85. The Morgan fingerprint density at radius 2 is 1.71 bits per heavy atom. The van der Waals surface area contributed by atoms with Crippen LogP contribution in [0.2, 0.25) is 0 Å². The molecule has 28 heavy (non-hydrogen) atoms. The number of hydrogen-bond acceptors (Lipinski definition) is 4. The largest absolute Gasteiger partial charge is 0.352 e. The lowest BCUT2D eigenvalue weighted by atomic mass is 10.1. The standard InChI is InChI=1S/C19H31N5O3S/c1-19(2,3)23-17(25)14-22-18(20-4)21-13-15-7-9-16(10-8-15)28(26,27)24-11-5-6-12-24/h7-10H,5-6,11-14H2,1-4H3,(H,23,25)(H2,20,21,22). The molecule has 1 aromatic carbocycles. The van der Waals surface area contributed by atoms with Crippen molar-refractivity contribution in [2.75, 3.05) is 26.7 Å². The first-order valence-corrected chi connectivity index (χ1v) is 10.9. The summed E-state index contributed by atoms with van der Waals surface area (Å²) in [5, 5.41) is 8.95. The van der Waals surface area contributed by atoms with E-state index >= 15 is 0 Å². The molecule has 8 nitrogen and oxygen atoms in total. The number of guanidine groups is 1. The van der Waals surface area contributed by atoms with Crippen molar-refractivity contribution in [2.24, 2.45) is 4.99 Å². The Labute approximate surface area is 167 Å². The van der Waals surface area contributed by atoms with Crippen molar-refractivity contribution in [3.05, 3.63) is 29.8 Å². The number of hydrogen-bond donors (Lipinski definition) is 3. The Bertz CT molecular complexity index is 792. The third-order valence-electron chi connectivity index (χ3n) is 4.24. The fraction of sp³-hybridized carbons (Fsp3) is 0.579. The molecule has 0 spiro atoms. The van der Waals surface area contributed by atoms with E-state index in [4.69, 9.17) is 0 Å². The SMILES string of the molecule is CN=C(NCC(=O)NC(C)(C)C)NCc1ccc(S(=O)(=O)N2CCCC2)cc1. The predicted molar refractivity (Wildman–Crippen MR) is 111 cm³/mol. The van der Waals surface area contributed by atoms with Gasteiger partial charge in [-0.15, -0.1) is 0 Å². The van der Waals surface area contributed by atoms with Gasteiger partial charge in [-0.25, -0.2) is 8.42 Å². The highest BCUT2D eigenvalue weighted by atomic mass is 32.2. The lowest BCUT2D eigenvalue weighted by molar-refractivity contribution is -0.121. The Morgan fingerprint density at radius 1 is 1.11 bits per heavy atom. The van der Waals surface area contributed by atoms with Crippen LogP contribution in [0.4, 0.5) is 0 Å². The van der Waals surface area contributed by atoms with Crippen LogP contribution in [-0.4, -0.2) is 56.8 Å². The molecule has 0 saturated carbocycles. The van der Waals surface area contributed by atoms with Gasteiger partial charge in [-0.3, -0.25) is 9.79 Å². The van der Waals surface area contributed by atoms with Crippen molar-refractivity contribution in [2.45, 2.75) is 50.6 Å². The van der Waals surface area contributed by atoms with Gasteiger partial charge in [-0.05, 0) is 51.3 Å². The minimum absolute atomic E-state index is 0.115. The fourth-order valence-electron chi connectivity index (χ4n) is 2.89. The van der Waals surface area contributed by atoms with Crippen LogP contribution in [0.5, 0.6) is 0 Å². The molecule has 1 amide bonds. The zero-order valence-corrected chi connectivity index (χ0v) is 17.9. The highest BCUT2D eigenvalue weighted by Crippen LogP contribution is 2.21. The average molecular weight is 410 g/mol. The van der Waals surface area contributed by atoms with Crippen LogP contribution in [-0.2, 0) is 21.4 Å². The minimum atomic E-state index is -3.39. The number of rotatable bonds is 6. The van der Waals surface area contributed by atoms with Crippen molar-refractivity contribution in [3.8, 4) is 0 Å². The molecule has 0 aliphatic carbocycles. The molecule has 1 saturated heterocycles. The van der Waals surface area contributed by atoms with Crippen LogP contribution in [0, 0.1) is 0 Å². The average Bonchev–Trinajstić information content (AvgIpc) is 3.16. The Morgan fingerprint density at radius 3 is 2.25 bits per heavy atom. The number of carbonyl (C=O) groups excluding carboxylic acids is 1. The van der Waals surface area contributed by atoms with Crippen molar-refractivity contribution >= 4 is 21.9 Å². The predicted octanol–water partition coefficient (Wildman–Crippen LogP) is 1.05. The molecule has 0 unspecified atom stereocenters. The fourth-order valence-corrected chi connectivity index (χ4v) is 4.41. The van der Waals surface area contributed by atoms with E-state index < -0.39 is 10.0 Å². The Hall–Kier alpha value is -2.13. The van der Waals surface area contributed by atoms with Gasteiger partial charge in [-0.1, -0.05) is 12.1 Å². The second-order valence-corrected chi connectivity index (χ2v) is 9.77. The van der Waals surface area contributed by atoms with Gasteiger partial charge < -0.3 is 16.0 Å². The summed E-state index contributed by atoms with van der Waals surface area (Å²) in [7, 11) is -1.76. The van der Waals surface area contributed by atoms with E-state index in [0.717, 1.165) is 18.4 Å². The lowest BCUT2D eigenvalue weighted by Crippen LogP contribution is -2.48. The molecule has 1 aromatic rings. The van der Waals surface area contributed by atoms with E-state index in [1.165, 1.54) is 4.31 Å². The first-order chi connectivity index (χ1) is 13.1. The number of nitrogens with one attached hydrogen (secondary N) is 3. The van der Waals surface area contributed by atoms with Gasteiger partial charge in [0.05, 0.1) is 11.4 Å². The van der Waals surface area contributed by atoms with Crippen molar-refractivity contribution in [1.82, 2.24) is 20.3 Å². The molecule has 3 N–H and O–H groups in total. The summed E-state index contributed by atoms with van der Waals surface area (Å²) in [6.07, 6.45) is 1.84. The number of nitrogens with zero attached hydrogens (tertiary/aromatic N) is 2. The molecule has 156 valence electrons. The smallest absolute Gasteiger partial charge is 0.243 e. The number of carbonyl (C=O) groups is 1. The molecule has 1 heterocycles. The molecule has 1 aliphatic heterocycles. The van der Waals surface area contributed by atoms with Crippen LogP contribution < -0.4 is 16.0 Å². The molecule has 9 heteroatoms. The highest BCUT2D eigenvalue weighted by Gasteiger charge is 2.26. The van der Waals surface area contributed by atoms with Gasteiger partial charge in [-0.2, -0.15) is 4.31 Å². The maximum atomic E-state index is 12.5. The van der Waals surface area contributed by atoms with Gasteiger partial charge in [0.25, 0.3) is 0 Å². The number of amides is 1. The molecular formula is C19H31N5O3S. The zero-order valence-electron chi connectivity index (χ0n) is 17.1. The zero-order chi connectivity index (χ0) is 20.8. The second-order valence-electron chi connectivity index (χ2n) is 7.83. The van der Waals surface area contributed by atoms with Crippen LogP contribution in [0.1, 0.15) is 39.2 Å². The molecule has 0 radical (unpaired) electrons.